The van der Waals surface area contributed by atoms with Gasteiger partial charge in [-0.3, -0.25) is 9.48 Å². The molecule has 1 aromatic heterocycles. The average Bonchev–Trinajstić information content (AvgIpc) is 2.70. The van der Waals surface area contributed by atoms with Gasteiger partial charge in [0.05, 0.1) is 5.69 Å². The second-order valence-electron chi connectivity index (χ2n) is 3.83. The van der Waals surface area contributed by atoms with E-state index in [1.54, 1.807) is 4.68 Å². The number of nitrogens with zero attached hydrogens (tertiary/aromatic N) is 2. The number of rotatable bonds is 3. The molecule has 1 heterocycles. The largest absolute Gasteiger partial charge is 0.279 e. The zero-order valence-electron chi connectivity index (χ0n) is 10.2. The Morgan fingerprint density at radius 3 is 2.89 bits per heavy atom. The van der Waals surface area contributed by atoms with Crippen LogP contribution in [-0.2, 0) is 6.54 Å². The monoisotopic (exact) mass is 324 g/mol. The maximum atomic E-state index is 12.2. The Hall–Kier alpha value is -1.07. The fourth-order valence-electron chi connectivity index (χ4n) is 1.64. The van der Waals surface area contributed by atoms with Crippen molar-refractivity contribution in [2.24, 2.45) is 0 Å². The number of aryl methyl sites for hydroxylation is 2. The van der Waals surface area contributed by atoms with E-state index in [0.29, 0.717) is 12.2 Å². The third kappa shape index (κ3) is 3.03. The summed E-state index contributed by atoms with van der Waals surface area (Å²) >= 11 is 4.62. The summed E-state index contributed by atoms with van der Waals surface area (Å²) in [5, 5.41) is 4.31. The zero-order chi connectivity index (χ0) is 13.1. The van der Waals surface area contributed by atoms with E-state index in [-0.39, 0.29) is 5.12 Å². The van der Waals surface area contributed by atoms with E-state index in [4.69, 9.17) is 0 Å². The maximum Gasteiger partial charge on any atom is 0.242 e. The van der Waals surface area contributed by atoms with Gasteiger partial charge in [-0.2, -0.15) is 5.10 Å². The minimum absolute atomic E-state index is 0.0237. The molecule has 0 fully saturated rings. The van der Waals surface area contributed by atoms with Crippen LogP contribution in [0.2, 0.25) is 0 Å². The summed E-state index contributed by atoms with van der Waals surface area (Å²) in [6.45, 7) is 4.58. The lowest BCUT2D eigenvalue weighted by Crippen LogP contribution is -2.06. The molecule has 0 N–H and O–H groups in total. The fraction of sp³-hybridized carbons (Fsp3) is 0.231. The van der Waals surface area contributed by atoms with Gasteiger partial charge in [0.15, 0.2) is 0 Å². The lowest BCUT2D eigenvalue weighted by atomic mass is 10.4. The van der Waals surface area contributed by atoms with Crippen LogP contribution in [0.15, 0.2) is 39.7 Å². The van der Waals surface area contributed by atoms with Crippen molar-refractivity contribution in [3.8, 4) is 0 Å². The molecule has 18 heavy (non-hydrogen) atoms. The molecule has 0 aliphatic rings. The molecule has 5 heteroatoms. The molecule has 1 aromatic carbocycles. The summed E-state index contributed by atoms with van der Waals surface area (Å²) in [5.74, 6) is 0. The Labute approximate surface area is 119 Å². The first kappa shape index (κ1) is 13.4. The molecule has 0 unspecified atom stereocenters. The van der Waals surface area contributed by atoms with E-state index < -0.39 is 0 Å². The van der Waals surface area contributed by atoms with E-state index in [0.717, 1.165) is 15.1 Å². The maximum absolute atomic E-state index is 12.2. The zero-order valence-corrected chi connectivity index (χ0v) is 12.6. The van der Waals surface area contributed by atoms with E-state index in [1.807, 2.05) is 44.2 Å². The van der Waals surface area contributed by atoms with Crippen molar-refractivity contribution in [3.05, 3.63) is 46.2 Å². The molecule has 0 spiro atoms. The van der Waals surface area contributed by atoms with Gasteiger partial charge in [-0.15, -0.1) is 0 Å². The van der Waals surface area contributed by atoms with Crippen molar-refractivity contribution in [1.82, 2.24) is 9.78 Å². The van der Waals surface area contributed by atoms with Gasteiger partial charge in [-0.1, -0.05) is 22.0 Å². The highest BCUT2D eigenvalue weighted by Gasteiger charge is 2.14. The van der Waals surface area contributed by atoms with Crippen molar-refractivity contribution in [3.63, 3.8) is 0 Å². The number of hydrogen-bond acceptors (Lipinski definition) is 3. The number of hydrogen-bond donors (Lipinski definition) is 0. The van der Waals surface area contributed by atoms with Crippen molar-refractivity contribution in [1.29, 1.82) is 0 Å². The molecule has 0 bridgehead atoms. The second-order valence-corrected chi connectivity index (χ2v) is 5.80. The van der Waals surface area contributed by atoms with Crippen LogP contribution in [0, 0.1) is 6.92 Å². The van der Waals surface area contributed by atoms with Gasteiger partial charge < -0.3 is 0 Å². The average molecular weight is 325 g/mol. The standard InChI is InChI=1S/C13H13BrN2OS/c1-3-16-12(7-9(2)15-16)13(17)18-11-6-4-5-10(14)8-11/h4-8H,3H2,1-2H3. The van der Waals surface area contributed by atoms with Crippen molar-refractivity contribution >= 4 is 32.8 Å². The van der Waals surface area contributed by atoms with Gasteiger partial charge in [0, 0.05) is 15.9 Å². The molecule has 0 atom stereocenters. The summed E-state index contributed by atoms with van der Waals surface area (Å²) in [6, 6.07) is 9.54. The molecule has 0 saturated carbocycles. The van der Waals surface area contributed by atoms with Gasteiger partial charge in [0.25, 0.3) is 0 Å². The smallest absolute Gasteiger partial charge is 0.242 e. The molecular formula is C13H13BrN2OS. The van der Waals surface area contributed by atoms with Gasteiger partial charge in [-0.25, -0.2) is 0 Å². The number of carbonyl (C=O) groups is 1. The molecule has 0 radical (unpaired) electrons. The fourth-order valence-corrected chi connectivity index (χ4v) is 3.01. The van der Waals surface area contributed by atoms with Gasteiger partial charge in [0.2, 0.25) is 5.12 Å². The predicted molar refractivity (Wildman–Crippen MR) is 77.0 cm³/mol. The Balaban J connectivity index is 2.21. The van der Waals surface area contributed by atoms with Crippen LogP contribution in [0.5, 0.6) is 0 Å². The van der Waals surface area contributed by atoms with Crippen LogP contribution in [0.4, 0.5) is 0 Å². The number of benzene rings is 1. The molecule has 94 valence electrons. The van der Waals surface area contributed by atoms with Crippen LogP contribution in [0.3, 0.4) is 0 Å². The Morgan fingerprint density at radius 2 is 2.22 bits per heavy atom. The van der Waals surface area contributed by atoms with Crippen molar-refractivity contribution in [2.75, 3.05) is 0 Å². The lowest BCUT2D eigenvalue weighted by Gasteiger charge is -2.03. The Morgan fingerprint density at radius 1 is 1.44 bits per heavy atom. The molecule has 2 aromatic rings. The summed E-state index contributed by atoms with van der Waals surface area (Å²) in [6.07, 6.45) is 0. The first-order valence-electron chi connectivity index (χ1n) is 5.62. The Bertz CT molecular complexity index is 580. The predicted octanol–water partition coefficient (Wildman–Crippen LogP) is 3.91. The van der Waals surface area contributed by atoms with Gasteiger partial charge >= 0.3 is 0 Å². The number of thioether (sulfide) groups is 1. The number of carbonyl (C=O) groups excluding carboxylic acids is 1. The van der Waals surface area contributed by atoms with Gasteiger partial charge in [0.1, 0.15) is 5.69 Å². The van der Waals surface area contributed by atoms with Crippen LogP contribution >= 0.6 is 27.7 Å². The SMILES string of the molecule is CCn1nc(C)cc1C(=O)Sc1cccc(Br)c1. The van der Waals surface area contributed by atoms with E-state index in [1.165, 1.54) is 11.8 Å². The second kappa shape index (κ2) is 5.71. The summed E-state index contributed by atoms with van der Waals surface area (Å²) in [7, 11) is 0. The molecule has 2 rings (SSSR count). The van der Waals surface area contributed by atoms with Crippen molar-refractivity contribution in [2.45, 2.75) is 25.3 Å². The lowest BCUT2D eigenvalue weighted by molar-refractivity contribution is 0.108. The summed E-state index contributed by atoms with van der Waals surface area (Å²) < 4.78 is 2.71. The van der Waals surface area contributed by atoms with Crippen LogP contribution < -0.4 is 0 Å². The molecule has 0 saturated heterocycles. The topological polar surface area (TPSA) is 34.9 Å². The summed E-state index contributed by atoms with van der Waals surface area (Å²) in [5.41, 5.74) is 1.52. The van der Waals surface area contributed by atoms with E-state index in [9.17, 15) is 4.79 Å². The van der Waals surface area contributed by atoms with Crippen LogP contribution in [-0.4, -0.2) is 14.9 Å². The highest BCUT2D eigenvalue weighted by molar-refractivity contribution is 9.10. The van der Waals surface area contributed by atoms with Crippen LogP contribution in [0.25, 0.3) is 0 Å². The minimum atomic E-state index is 0.0237. The first-order valence-corrected chi connectivity index (χ1v) is 7.23. The van der Waals surface area contributed by atoms with Gasteiger partial charge in [-0.05, 0) is 49.9 Å². The van der Waals surface area contributed by atoms with E-state index in [2.05, 4.69) is 21.0 Å². The highest BCUT2D eigenvalue weighted by atomic mass is 79.9. The molecule has 0 aliphatic heterocycles. The number of halogens is 1. The summed E-state index contributed by atoms with van der Waals surface area (Å²) in [4.78, 5) is 13.1. The van der Waals surface area contributed by atoms with E-state index >= 15 is 0 Å². The van der Waals surface area contributed by atoms with Crippen molar-refractivity contribution < 1.29 is 4.79 Å². The molecule has 0 aliphatic carbocycles. The number of aromatic nitrogens is 2. The third-order valence-corrected chi connectivity index (χ3v) is 3.79. The molecular weight excluding hydrogens is 312 g/mol. The quantitative estimate of drug-likeness (QED) is 0.803. The minimum Gasteiger partial charge on any atom is -0.279 e. The Kier molecular flexibility index (Phi) is 4.24. The highest BCUT2D eigenvalue weighted by Crippen LogP contribution is 2.25. The normalized spacial score (nSPS) is 10.6. The van der Waals surface area contributed by atoms with Crippen LogP contribution in [0.1, 0.15) is 23.1 Å². The third-order valence-electron chi connectivity index (χ3n) is 2.42. The molecule has 0 amide bonds. The first-order chi connectivity index (χ1) is 8.60. The molecule has 3 nitrogen and oxygen atoms in total.